The van der Waals surface area contributed by atoms with E-state index < -0.39 is 35.8 Å². The maximum Gasteiger partial charge on any atom is 0.404 e. The number of fused-ring (bicyclic) bond motifs is 1. The Morgan fingerprint density at radius 2 is 1.64 bits per heavy atom. The van der Waals surface area contributed by atoms with Crippen LogP contribution in [0.3, 0.4) is 0 Å². The van der Waals surface area contributed by atoms with Gasteiger partial charge in [0.1, 0.15) is 5.69 Å². The van der Waals surface area contributed by atoms with Gasteiger partial charge in [0.25, 0.3) is 5.91 Å². The summed E-state index contributed by atoms with van der Waals surface area (Å²) in [4.78, 5) is 37.0. The Bertz CT molecular complexity index is 1180. The smallest absolute Gasteiger partial charge is 0.404 e. The Morgan fingerprint density at radius 3 is 2.33 bits per heavy atom. The number of carboxylic acid groups (broad SMARTS) is 2. The minimum atomic E-state index is -1.25. The van der Waals surface area contributed by atoms with Crippen LogP contribution in [0.15, 0.2) is 42.5 Å². The molecule has 3 aromatic rings. The molecule has 1 atom stereocenters. The van der Waals surface area contributed by atoms with E-state index in [1.54, 1.807) is 24.3 Å². The van der Waals surface area contributed by atoms with Crippen LogP contribution in [0.25, 0.3) is 22.0 Å². The molecule has 3 amide bonds. The van der Waals surface area contributed by atoms with E-state index in [-0.39, 0.29) is 18.8 Å². The third-order valence-electron chi connectivity index (χ3n) is 4.96. The number of benzene rings is 2. The van der Waals surface area contributed by atoms with Crippen LogP contribution in [0, 0.1) is 11.6 Å². The van der Waals surface area contributed by atoms with E-state index in [1.807, 2.05) is 0 Å². The van der Waals surface area contributed by atoms with Crippen molar-refractivity contribution >= 4 is 29.0 Å². The minimum Gasteiger partial charge on any atom is -0.465 e. The number of hydrogen-bond donors (Lipinski definition) is 6. The molecule has 0 aliphatic heterocycles. The minimum absolute atomic E-state index is 0.00762. The van der Waals surface area contributed by atoms with Gasteiger partial charge in [-0.25, -0.2) is 18.4 Å². The number of amides is 3. The monoisotopic (exact) mass is 460 g/mol. The van der Waals surface area contributed by atoms with Crippen molar-refractivity contribution in [3.05, 3.63) is 59.8 Å². The van der Waals surface area contributed by atoms with Gasteiger partial charge in [0.2, 0.25) is 0 Å². The maximum absolute atomic E-state index is 13.5. The van der Waals surface area contributed by atoms with Crippen molar-refractivity contribution in [3.63, 3.8) is 0 Å². The number of aromatic amines is 1. The predicted molar refractivity (Wildman–Crippen MR) is 116 cm³/mol. The number of hydrogen-bond acceptors (Lipinski definition) is 3. The Labute approximate surface area is 186 Å². The van der Waals surface area contributed by atoms with Gasteiger partial charge < -0.3 is 31.1 Å². The summed E-state index contributed by atoms with van der Waals surface area (Å²) >= 11 is 0. The third kappa shape index (κ3) is 6.42. The van der Waals surface area contributed by atoms with Crippen molar-refractivity contribution in [1.82, 2.24) is 20.9 Å². The van der Waals surface area contributed by atoms with Crippen LogP contribution in [0.2, 0.25) is 0 Å². The van der Waals surface area contributed by atoms with Crippen LogP contribution in [-0.4, -0.2) is 52.4 Å². The number of carbonyl (C=O) groups is 3. The molecule has 0 aliphatic carbocycles. The van der Waals surface area contributed by atoms with Gasteiger partial charge >= 0.3 is 12.2 Å². The molecule has 0 bridgehead atoms. The molecule has 1 aromatic heterocycles. The van der Waals surface area contributed by atoms with Crippen LogP contribution in [-0.2, 0) is 0 Å². The maximum atomic E-state index is 13.5. The van der Waals surface area contributed by atoms with E-state index in [9.17, 15) is 23.2 Å². The summed E-state index contributed by atoms with van der Waals surface area (Å²) in [7, 11) is 0. The summed E-state index contributed by atoms with van der Waals surface area (Å²) in [6.07, 6.45) is -1.72. The Kier molecular flexibility index (Phi) is 7.44. The fourth-order valence-corrected chi connectivity index (χ4v) is 3.36. The second kappa shape index (κ2) is 10.4. The predicted octanol–water partition coefficient (Wildman–Crippen LogP) is 3.53. The summed E-state index contributed by atoms with van der Waals surface area (Å²) in [6, 6.07) is 9.78. The topological polar surface area (TPSA) is 144 Å². The van der Waals surface area contributed by atoms with Crippen LogP contribution in [0.1, 0.15) is 23.3 Å². The second-order valence-corrected chi connectivity index (χ2v) is 7.34. The van der Waals surface area contributed by atoms with Crippen LogP contribution >= 0.6 is 0 Å². The first kappa shape index (κ1) is 23.5. The molecule has 0 fully saturated rings. The molecule has 174 valence electrons. The Balaban J connectivity index is 1.66. The summed E-state index contributed by atoms with van der Waals surface area (Å²) < 4.78 is 26.7. The fourth-order valence-electron chi connectivity index (χ4n) is 3.36. The van der Waals surface area contributed by atoms with Crippen molar-refractivity contribution < 1.29 is 33.4 Å². The third-order valence-corrected chi connectivity index (χ3v) is 4.96. The van der Waals surface area contributed by atoms with E-state index in [0.29, 0.717) is 29.5 Å². The molecule has 0 unspecified atom stereocenters. The van der Waals surface area contributed by atoms with Gasteiger partial charge in [-0.3, -0.25) is 4.79 Å². The van der Waals surface area contributed by atoms with Crippen LogP contribution < -0.4 is 16.0 Å². The van der Waals surface area contributed by atoms with Crippen molar-refractivity contribution in [2.75, 3.05) is 13.1 Å². The summed E-state index contributed by atoms with van der Waals surface area (Å²) in [5, 5.41) is 25.4. The fraction of sp³-hybridized carbons (Fsp3) is 0.227. The molecule has 9 nitrogen and oxygen atoms in total. The van der Waals surface area contributed by atoms with Crippen LogP contribution in [0.5, 0.6) is 0 Å². The quantitative estimate of drug-likeness (QED) is 0.271. The van der Waals surface area contributed by atoms with Crippen molar-refractivity contribution in [2.45, 2.75) is 18.9 Å². The van der Waals surface area contributed by atoms with E-state index in [1.165, 1.54) is 6.07 Å². The molecule has 0 spiro atoms. The molecule has 2 aromatic carbocycles. The molecule has 0 aliphatic rings. The van der Waals surface area contributed by atoms with Crippen molar-refractivity contribution in [2.24, 2.45) is 0 Å². The normalized spacial score (nSPS) is 11.7. The molecular formula is C22H22F2N4O5. The highest BCUT2D eigenvalue weighted by atomic mass is 19.2. The average molecular weight is 460 g/mol. The number of halogens is 2. The van der Waals surface area contributed by atoms with Gasteiger partial charge in [0, 0.05) is 30.0 Å². The summed E-state index contributed by atoms with van der Waals surface area (Å²) in [5.41, 5.74) is 1.98. The van der Waals surface area contributed by atoms with E-state index >= 15 is 0 Å². The van der Waals surface area contributed by atoms with E-state index in [2.05, 4.69) is 20.9 Å². The molecule has 1 heterocycles. The molecule has 11 heteroatoms. The van der Waals surface area contributed by atoms with Gasteiger partial charge in [-0.15, -0.1) is 0 Å². The zero-order valence-electron chi connectivity index (χ0n) is 17.3. The molecule has 3 rings (SSSR count). The number of nitrogens with one attached hydrogen (secondary N) is 4. The SMILES string of the molecule is O=C(O)NCCC[C@@H](CNC(=O)c1cc2ccc(-c3ccc(F)c(F)c3)cc2[nH]1)NC(=O)O. The zero-order valence-corrected chi connectivity index (χ0v) is 17.3. The first-order valence-corrected chi connectivity index (χ1v) is 10.1. The molecular weight excluding hydrogens is 438 g/mol. The first-order valence-electron chi connectivity index (χ1n) is 10.1. The lowest BCUT2D eigenvalue weighted by atomic mass is 10.0. The standard InChI is InChI=1S/C22H22F2N4O5/c23-16-6-5-12(8-17(16)24)13-3-4-14-10-19(28-18(14)9-13)20(29)26-11-15(27-22(32)33)2-1-7-25-21(30)31/h3-6,8-10,15,25,27-28H,1-2,7,11H2,(H,26,29)(H,30,31)(H,32,33)/t15-/m0/s1. The molecule has 6 N–H and O–H groups in total. The summed E-state index contributed by atoms with van der Waals surface area (Å²) in [5.74, 6) is -2.35. The lowest BCUT2D eigenvalue weighted by Gasteiger charge is -2.17. The molecule has 0 radical (unpaired) electrons. The highest BCUT2D eigenvalue weighted by Crippen LogP contribution is 2.26. The molecule has 0 saturated heterocycles. The number of carbonyl (C=O) groups excluding carboxylic acids is 1. The van der Waals surface area contributed by atoms with Gasteiger partial charge in [0.15, 0.2) is 11.6 Å². The molecule has 0 saturated carbocycles. The van der Waals surface area contributed by atoms with Gasteiger partial charge in [-0.05, 0) is 48.2 Å². The number of H-pyrrole nitrogens is 1. The zero-order chi connectivity index (χ0) is 24.0. The summed E-state index contributed by atoms with van der Waals surface area (Å²) in [6.45, 7) is 0.164. The second-order valence-electron chi connectivity index (χ2n) is 7.34. The lowest BCUT2D eigenvalue weighted by molar-refractivity contribution is 0.0943. The first-order chi connectivity index (χ1) is 15.7. The van der Waals surface area contributed by atoms with E-state index in [4.69, 9.17) is 10.2 Å². The van der Waals surface area contributed by atoms with Crippen molar-refractivity contribution in [3.8, 4) is 11.1 Å². The Hall–Kier alpha value is -4.15. The average Bonchev–Trinajstić information content (AvgIpc) is 3.19. The van der Waals surface area contributed by atoms with Gasteiger partial charge in [-0.2, -0.15) is 0 Å². The van der Waals surface area contributed by atoms with Gasteiger partial charge in [0.05, 0.1) is 0 Å². The van der Waals surface area contributed by atoms with Gasteiger partial charge in [-0.1, -0.05) is 18.2 Å². The van der Waals surface area contributed by atoms with E-state index in [0.717, 1.165) is 17.5 Å². The number of aromatic nitrogens is 1. The Morgan fingerprint density at radius 1 is 0.909 bits per heavy atom. The highest BCUT2D eigenvalue weighted by Gasteiger charge is 2.16. The largest absolute Gasteiger partial charge is 0.465 e. The highest BCUT2D eigenvalue weighted by molar-refractivity contribution is 5.98. The van der Waals surface area contributed by atoms with Crippen molar-refractivity contribution in [1.29, 1.82) is 0 Å². The van der Waals surface area contributed by atoms with Crippen LogP contribution in [0.4, 0.5) is 18.4 Å². The molecule has 33 heavy (non-hydrogen) atoms. The number of rotatable bonds is 9. The lowest BCUT2D eigenvalue weighted by Crippen LogP contribution is -2.43.